The van der Waals surface area contributed by atoms with Gasteiger partial charge in [-0.1, -0.05) is 6.07 Å². The van der Waals surface area contributed by atoms with Gasteiger partial charge in [0.05, 0.1) is 11.7 Å². The number of aromatic amines is 2. The normalized spacial score (nSPS) is 13.1. The number of halogens is 4. The molecule has 0 saturated heterocycles. The summed E-state index contributed by atoms with van der Waals surface area (Å²) in [5.74, 6) is -0.696. The van der Waals surface area contributed by atoms with E-state index in [4.69, 9.17) is 10.5 Å². The first-order valence-corrected chi connectivity index (χ1v) is 9.75. The van der Waals surface area contributed by atoms with Crippen LogP contribution in [0.15, 0.2) is 47.5 Å². The lowest BCUT2D eigenvalue weighted by molar-refractivity contribution is -0.189. The molecule has 0 spiro atoms. The summed E-state index contributed by atoms with van der Waals surface area (Å²) in [6.45, 7) is 0.885. The van der Waals surface area contributed by atoms with Crippen molar-refractivity contribution in [2.45, 2.75) is 19.2 Å². The first kappa shape index (κ1) is 20.7. The maximum Gasteiger partial charge on any atom is 0.425 e. The molecule has 11 heteroatoms. The minimum Gasteiger partial charge on any atom is -0.479 e. The summed E-state index contributed by atoms with van der Waals surface area (Å²) in [5.41, 5.74) is 6.49. The lowest BCUT2D eigenvalue weighted by Gasteiger charge is -2.20. The smallest absolute Gasteiger partial charge is 0.425 e. The van der Waals surface area contributed by atoms with Crippen LogP contribution in [0.1, 0.15) is 6.92 Å². The van der Waals surface area contributed by atoms with Crippen LogP contribution in [0.25, 0.3) is 43.8 Å². The van der Waals surface area contributed by atoms with E-state index in [1.807, 2.05) is 0 Å². The van der Waals surface area contributed by atoms with Crippen LogP contribution in [0.5, 0.6) is 5.75 Å². The van der Waals surface area contributed by atoms with Crippen LogP contribution in [0.2, 0.25) is 0 Å². The monoisotopic (exact) mass is 457 g/mol. The van der Waals surface area contributed by atoms with Crippen LogP contribution in [0.3, 0.4) is 0 Å². The number of nitrogens with two attached hydrogens (primary N) is 1. The largest absolute Gasteiger partial charge is 0.479 e. The lowest BCUT2D eigenvalue weighted by Crippen LogP contribution is -2.31. The molecule has 1 atom stereocenters. The van der Waals surface area contributed by atoms with Crippen LogP contribution in [0, 0.1) is 5.82 Å². The molecule has 5 rings (SSSR count). The fourth-order valence-corrected chi connectivity index (χ4v) is 3.85. The highest BCUT2D eigenvalue weighted by molar-refractivity contribution is 6.15. The van der Waals surface area contributed by atoms with Gasteiger partial charge in [0.2, 0.25) is 0 Å². The number of nitrogens with zero attached hydrogens (tertiary/aromatic N) is 2. The predicted octanol–water partition coefficient (Wildman–Crippen LogP) is 4.67. The molecule has 4 N–H and O–H groups in total. The van der Waals surface area contributed by atoms with E-state index in [1.165, 1.54) is 30.6 Å². The Morgan fingerprint density at radius 2 is 1.91 bits per heavy atom. The first-order chi connectivity index (χ1) is 15.7. The quantitative estimate of drug-likeness (QED) is 0.269. The fraction of sp³-hybridized carbons (Fsp3) is 0.136. The number of H-pyrrole nitrogens is 2. The third-order valence-corrected chi connectivity index (χ3v) is 5.48. The number of nitrogen functional groups attached to an aromatic ring is 1. The summed E-state index contributed by atoms with van der Waals surface area (Å²) < 4.78 is 59.2. The molecule has 3 heterocycles. The summed E-state index contributed by atoms with van der Waals surface area (Å²) in [5, 5.41) is 7.44. The van der Waals surface area contributed by atoms with Crippen LogP contribution < -0.4 is 16.0 Å². The molecule has 0 bridgehead atoms. The van der Waals surface area contributed by atoms with Gasteiger partial charge in [-0.25, -0.2) is 4.39 Å². The average molecular weight is 457 g/mol. The highest BCUT2D eigenvalue weighted by Gasteiger charge is 2.38. The average Bonchev–Trinajstić information content (AvgIpc) is 3.27. The van der Waals surface area contributed by atoms with Gasteiger partial charge in [0.25, 0.3) is 5.56 Å². The van der Waals surface area contributed by atoms with Crippen molar-refractivity contribution in [3.63, 3.8) is 0 Å². The zero-order valence-electron chi connectivity index (χ0n) is 16.9. The molecule has 0 saturated carbocycles. The van der Waals surface area contributed by atoms with Gasteiger partial charge in [-0.05, 0) is 36.8 Å². The molecule has 0 amide bonds. The minimum atomic E-state index is -4.61. The van der Waals surface area contributed by atoms with Gasteiger partial charge < -0.3 is 15.5 Å². The second kappa shape index (κ2) is 7.19. The summed E-state index contributed by atoms with van der Waals surface area (Å²) >= 11 is 0. The molecule has 0 radical (unpaired) electrons. The number of hydrogen-bond acceptors (Lipinski definition) is 5. The Kier molecular flexibility index (Phi) is 4.52. The van der Waals surface area contributed by atoms with E-state index < -0.39 is 23.7 Å². The van der Waals surface area contributed by atoms with Gasteiger partial charge in [0.15, 0.2) is 6.10 Å². The molecule has 0 unspecified atom stereocenters. The molecule has 3 aromatic heterocycles. The molecule has 2 aromatic carbocycles. The van der Waals surface area contributed by atoms with Crippen molar-refractivity contribution >= 4 is 38.4 Å². The third kappa shape index (κ3) is 3.23. The summed E-state index contributed by atoms with van der Waals surface area (Å²) in [7, 11) is 0. The standard InChI is InChI=1S/C22H15F4N5O2/c1-9(22(24,25)26)33-15-7-12-16(10-4-5-14(23)19-13(10)8-29-31-19)17(27)21(32)30-18(12)11-3-2-6-28-20(11)15/h2-9H,27H2,1H3,(H,29,31)(H,30,32)/t9-/m0/s1. The summed E-state index contributed by atoms with van der Waals surface area (Å²) in [4.78, 5) is 19.6. The molecule has 0 aliphatic rings. The molecule has 0 fully saturated rings. The number of hydrogen-bond donors (Lipinski definition) is 3. The Hall–Kier alpha value is -4.15. The van der Waals surface area contributed by atoms with Crippen molar-refractivity contribution in [1.82, 2.24) is 20.2 Å². The summed E-state index contributed by atoms with van der Waals surface area (Å²) in [6, 6.07) is 7.16. The van der Waals surface area contributed by atoms with Crippen LogP contribution in [0.4, 0.5) is 23.2 Å². The van der Waals surface area contributed by atoms with Crippen LogP contribution >= 0.6 is 0 Å². The van der Waals surface area contributed by atoms with E-state index in [9.17, 15) is 22.4 Å². The van der Waals surface area contributed by atoms with Crippen molar-refractivity contribution in [2.24, 2.45) is 0 Å². The number of ether oxygens (including phenoxy) is 1. The Balaban J connectivity index is 1.91. The lowest BCUT2D eigenvalue weighted by atomic mass is 9.95. The number of rotatable bonds is 3. The number of anilines is 1. The molecule has 5 aromatic rings. The van der Waals surface area contributed by atoms with Crippen molar-refractivity contribution in [1.29, 1.82) is 0 Å². The van der Waals surface area contributed by atoms with E-state index in [0.717, 1.165) is 6.92 Å². The Morgan fingerprint density at radius 3 is 2.67 bits per heavy atom. The van der Waals surface area contributed by atoms with Gasteiger partial charge in [-0.3, -0.25) is 14.9 Å². The molecule has 33 heavy (non-hydrogen) atoms. The number of nitrogens with one attached hydrogen (secondary N) is 2. The maximum absolute atomic E-state index is 14.2. The number of alkyl halides is 3. The fourth-order valence-electron chi connectivity index (χ4n) is 3.85. The molecule has 168 valence electrons. The molecule has 0 aliphatic carbocycles. The van der Waals surface area contributed by atoms with E-state index in [-0.39, 0.29) is 28.0 Å². The summed E-state index contributed by atoms with van der Waals surface area (Å²) in [6.07, 6.45) is -3.94. The number of aromatic nitrogens is 4. The molecule has 7 nitrogen and oxygen atoms in total. The van der Waals surface area contributed by atoms with Gasteiger partial charge >= 0.3 is 6.18 Å². The second-order valence-corrected chi connectivity index (χ2v) is 7.49. The van der Waals surface area contributed by atoms with Crippen molar-refractivity contribution < 1.29 is 22.3 Å². The maximum atomic E-state index is 14.2. The van der Waals surface area contributed by atoms with E-state index >= 15 is 0 Å². The Morgan fingerprint density at radius 1 is 1.12 bits per heavy atom. The second-order valence-electron chi connectivity index (χ2n) is 7.49. The zero-order valence-corrected chi connectivity index (χ0v) is 16.9. The van der Waals surface area contributed by atoms with Crippen molar-refractivity contribution in [3.8, 4) is 16.9 Å². The Labute approximate surface area is 182 Å². The predicted molar refractivity (Wildman–Crippen MR) is 115 cm³/mol. The number of fused-ring (bicyclic) bond motifs is 4. The van der Waals surface area contributed by atoms with Gasteiger partial charge in [-0.15, -0.1) is 0 Å². The van der Waals surface area contributed by atoms with Gasteiger partial charge in [0, 0.05) is 27.9 Å². The topological polar surface area (TPSA) is 110 Å². The molecular formula is C22H15F4N5O2. The highest BCUT2D eigenvalue weighted by Crippen LogP contribution is 2.41. The van der Waals surface area contributed by atoms with Gasteiger partial charge in [-0.2, -0.15) is 18.3 Å². The zero-order chi connectivity index (χ0) is 23.5. The number of pyridine rings is 2. The van der Waals surface area contributed by atoms with E-state index in [2.05, 4.69) is 20.2 Å². The number of benzene rings is 2. The van der Waals surface area contributed by atoms with Crippen molar-refractivity contribution in [2.75, 3.05) is 5.73 Å². The van der Waals surface area contributed by atoms with E-state index in [1.54, 1.807) is 12.1 Å². The first-order valence-electron chi connectivity index (χ1n) is 9.75. The van der Waals surface area contributed by atoms with Crippen molar-refractivity contribution in [3.05, 3.63) is 58.9 Å². The van der Waals surface area contributed by atoms with Gasteiger partial charge in [0.1, 0.15) is 28.3 Å². The Bertz CT molecular complexity index is 1610. The van der Waals surface area contributed by atoms with Crippen LogP contribution in [-0.2, 0) is 0 Å². The van der Waals surface area contributed by atoms with E-state index in [0.29, 0.717) is 27.2 Å². The molecule has 0 aliphatic heterocycles. The third-order valence-electron chi connectivity index (χ3n) is 5.48. The highest BCUT2D eigenvalue weighted by atomic mass is 19.4. The van der Waals surface area contributed by atoms with Crippen LogP contribution in [-0.4, -0.2) is 32.4 Å². The molecular weight excluding hydrogens is 442 g/mol. The SMILES string of the molecule is C[C@H](Oc1cc2c(-c3ccc(F)c4[nH]ncc34)c(N)c(=O)[nH]c2c2cccnc12)C(F)(F)F. The minimum absolute atomic E-state index is 0.102.